The quantitative estimate of drug-likeness (QED) is 0.179. The first-order chi connectivity index (χ1) is 26.6. The van der Waals surface area contributed by atoms with Crippen LogP contribution in [-0.2, 0) is 10.8 Å². The van der Waals surface area contributed by atoms with Crippen LogP contribution in [-0.4, -0.2) is 12.8 Å². The number of rotatable bonds is 5. The Labute approximate surface area is 327 Å². The zero-order chi connectivity index (χ0) is 37.5. The third-order valence-corrected chi connectivity index (χ3v) is 13.6. The lowest BCUT2D eigenvalue weighted by molar-refractivity contribution is 0.195. The van der Waals surface area contributed by atoms with Crippen molar-refractivity contribution < 1.29 is 0 Å². The Balaban J connectivity index is 1.20. The predicted molar refractivity (Wildman–Crippen MR) is 238 cm³/mol. The number of hydrogen-bond donors (Lipinski definition) is 1. The molecule has 2 aliphatic heterocycles. The molecule has 0 aromatic heterocycles. The number of benzene rings is 7. The van der Waals surface area contributed by atoms with Gasteiger partial charge in [-0.15, -0.1) is 0 Å². The van der Waals surface area contributed by atoms with Gasteiger partial charge in [0.1, 0.15) is 0 Å². The zero-order valence-corrected chi connectivity index (χ0v) is 32.8. The fourth-order valence-electron chi connectivity index (χ4n) is 10.3. The number of anilines is 4. The average molecular weight is 713 g/mol. The van der Waals surface area contributed by atoms with E-state index in [-0.39, 0.29) is 16.4 Å². The van der Waals surface area contributed by atoms with Crippen molar-refractivity contribution in [3.05, 3.63) is 157 Å². The Morgan fingerprint density at radius 1 is 0.600 bits per heavy atom. The van der Waals surface area contributed by atoms with Crippen LogP contribution in [0.2, 0.25) is 0 Å². The smallest absolute Gasteiger partial charge is 0.198 e. The van der Waals surface area contributed by atoms with Crippen LogP contribution < -0.4 is 21.1 Å². The van der Waals surface area contributed by atoms with Gasteiger partial charge < -0.3 is 10.2 Å². The van der Waals surface area contributed by atoms with Gasteiger partial charge in [0.05, 0.1) is 5.54 Å². The second kappa shape index (κ2) is 12.5. The molecule has 7 aromatic rings. The summed E-state index contributed by atoms with van der Waals surface area (Å²) < 4.78 is 0. The van der Waals surface area contributed by atoms with Crippen molar-refractivity contribution in [1.29, 1.82) is 0 Å². The van der Waals surface area contributed by atoms with Gasteiger partial charge in [-0.2, -0.15) is 0 Å². The maximum absolute atomic E-state index is 3.94. The van der Waals surface area contributed by atoms with E-state index in [0.717, 1.165) is 18.7 Å². The first-order valence-corrected chi connectivity index (χ1v) is 20.3. The van der Waals surface area contributed by atoms with Gasteiger partial charge in [0.25, 0.3) is 0 Å². The molecule has 1 saturated carbocycles. The molecule has 0 radical (unpaired) electrons. The molecular weight excluding hydrogens is 663 g/mol. The summed E-state index contributed by atoms with van der Waals surface area (Å²) >= 11 is 0. The molecule has 0 bridgehead atoms. The minimum atomic E-state index is -0.0197. The summed E-state index contributed by atoms with van der Waals surface area (Å²) in [6.07, 6.45) is 4.98. The molecule has 0 saturated heterocycles. The second-order valence-corrected chi connectivity index (χ2v) is 17.8. The molecular formula is C52H49BN2. The van der Waals surface area contributed by atoms with E-state index in [1.165, 1.54) is 97.7 Å². The molecule has 2 atom stereocenters. The molecule has 2 unspecified atom stereocenters. The van der Waals surface area contributed by atoms with Gasteiger partial charge in [-0.05, 0) is 99.2 Å². The highest BCUT2D eigenvalue weighted by molar-refractivity contribution is 6.74. The van der Waals surface area contributed by atoms with Crippen molar-refractivity contribution in [1.82, 2.24) is 0 Å². The van der Waals surface area contributed by atoms with E-state index in [1.807, 2.05) is 0 Å². The van der Waals surface area contributed by atoms with E-state index in [2.05, 4.69) is 190 Å². The molecule has 55 heavy (non-hydrogen) atoms. The minimum Gasteiger partial charge on any atom is -0.355 e. The van der Waals surface area contributed by atoms with Crippen LogP contribution in [0.5, 0.6) is 0 Å². The molecule has 0 spiro atoms. The number of nitrogens with zero attached hydrogens (tertiary/aromatic N) is 1. The van der Waals surface area contributed by atoms with Crippen LogP contribution in [0.3, 0.4) is 0 Å². The first-order valence-electron chi connectivity index (χ1n) is 20.3. The SMILES string of the molecule is CC(C)(C)c1cc2c3c(c1)C1(C)CCCCC1(C)N3c1c(c(-c3ccc(-c4ccccc4)cc3Nc3ccc(-c4ccccc4)cc3)cc3ccccc13)B2. The summed E-state index contributed by atoms with van der Waals surface area (Å²) in [5, 5.41) is 6.60. The molecule has 2 nitrogen and oxygen atoms in total. The third kappa shape index (κ3) is 5.30. The van der Waals surface area contributed by atoms with Crippen LogP contribution in [0.25, 0.3) is 44.2 Å². The van der Waals surface area contributed by atoms with E-state index < -0.39 is 0 Å². The molecule has 3 heteroatoms. The normalized spacial score (nSPS) is 19.7. The standard InChI is InChI=1S/C52H49BN2/c1-50(2,3)39-32-44-49-45(33-39)53-47-43(30-38-20-12-13-21-41(38)48(47)55(49)52(5)29-15-14-28-51(44,52)4)42-27-24-37(35-18-10-7-11-19-35)31-46(42)54-40-25-22-36(23-26-40)34-16-8-6-9-17-34/h6-13,16-27,30-33,53-54H,14-15,28-29H2,1-5H3. The maximum Gasteiger partial charge on any atom is 0.198 e. The largest absolute Gasteiger partial charge is 0.355 e. The summed E-state index contributed by atoms with van der Waals surface area (Å²) in [5.41, 5.74) is 18.6. The van der Waals surface area contributed by atoms with Crippen molar-refractivity contribution in [2.24, 2.45) is 0 Å². The molecule has 1 fully saturated rings. The van der Waals surface area contributed by atoms with Crippen molar-refractivity contribution in [2.45, 2.75) is 76.7 Å². The van der Waals surface area contributed by atoms with Gasteiger partial charge in [0, 0.05) is 39.1 Å². The summed E-state index contributed by atoms with van der Waals surface area (Å²) in [6.45, 7) is 12.3. The van der Waals surface area contributed by atoms with Crippen LogP contribution >= 0.6 is 0 Å². The van der Waals surface area contributed by atoms with Gasteiger partial charge in [-0.1, -0.05) is 167 Å². The Bertz CT molecular complexity index is 2600. The van der Waals surface area contributed by atoms with Crippen LogP contribution in [0, 0.1) is 0 Å². The van der Waals surface area contributed by atoms with Gasteiger partial charge in [0.15, 0.2) is 7.28 Å². The fraction of sp³-hybridized carbons (Fsp3) is 0.231. The molecule has 10 rings (SSSR count). The molecule has 270 valence electrons. The summed E-state index contributed by atoms with van der Waals surface area (Å²) in [4.78, 5) is 2.86. The highest BCUT2D eigenvalue weighted by Gasteiger charge is 2.59. The first kappa shape index (κ1) is 34.0. The summed E-state index contributed by atoms with van der Waals surface area (Å²) in [5.74, 6) is 0. The van der Waals surface area contributed by atoms with Gasteiger partial charge in [-0.3, -0.25) is 0 Å². The van der Waals surface area contributed by atoms with Crippen LogP contribution in [0.4, 0.5) is 22.7 Å². The lowest BCUT2D eigenvalue weighted by atomic mass is 9.56. The van der Waals surface area contributed by atoms with E-state index in [1.54, 1.807) is 5.56 Å². The Morgan fingerprint density at radius 3 is 1.96 bits per heavy atom. The summed E-state index contributed by atoms with van der Waals surface area (Å²) in [7, 11) is 0.913. The zero-order valence-electron chi connectivity index (χ0n) is 32.8. The predicted octanol–water partition coefficient (Wildman–Crippen LogP) is 12.3. The third-order valence-electron chi connectivity index (χ3n) is 13.6. The topological polar surface area (TPSA) is 15.3 Å². The fourth-order valence-corrected chi connectivity index (χ4v) is 10.3. The lowest BCUT2D eigenvalue weighted by Crippen LogP contribution is -2.57. The van der Waals surface area contributed by atoms with E-state index >= 15 is 0 Å². The number of fused-ring (bicyclic) bond motifs is 7. The Morgan fingerprint density at radius 2 is 1.24 bits per heavy atom. The van der Waals surface area contributed by atoms with E-state index in [9.17, 15) is 0 Å². The van der Waals surface area contributed by atoms with Crippen molar-refractivity contribution in [2.75, 3.05) is 10.2 Å². The van der Waals surface area contributed by atoms with Crippen LogP contribution in [0.1, 0.15) is 71.4 Å². The van der Waals surface area contributed by atoms with Gasteiger partial charge in [0.2, 0.25) is 0 Å². The van der Waals surface area contributed by atoms with E-state index in [0.29, 0.717) is 0 Å². The molecule has 1 N–H and O–H groups in total. The molecule has 0 amide bonds. The molecule has 1 aliphatic carbocycles. The molecule has 7 aromatic carbocycles. The average Bonchev–Trinajstić information content (AvgIpc) is 3.42. The van der Waals surface area contributed by atoms with Crippen molar-refractivity contribution in [3.8, 4) is 33.4 Å². The van der Waals surface area contributed by atoms with Crippen molar-refractivity contribution in [3.63, 3.8) is 0 Å². The monoisotopic (exact) mass is 712 g/mol. The van der Waals surface area contributed by atoms with Gasteiger partial charge >= 0.3 is 0 Å². The van der Waals surface area contributed by atoms with Crippen molar-refractivity contribution >= 4 is 51.7 Å². The molecule has 3 aliphatic rings. The maximum atomic E-state index is 3.94. The summed E-state index contributed by atoms with van der Waals surface area (Å²) in [6, 6.07) is 54.1. The molecule has 2 heterocycles. The second-order valence-electron chi connectivity index (χ2n) is 17.8. The Kier molecular flexibility index (Phi) is 7.72. The highest BCUT2D eigenvalue weighted by Crippen LogP contribution is 2.62. The Hall–Kier alpha value is -5.54. The van der Waals surface area contributed by atoms with E-state index in [4.69, 9.17) is 0 Å². The highest BCUT2D eigenvalue weighted by atomic mass is 15.3. The number of hydrogen-bond acceptors (Lipinski definition) is 2. The minimum absolute atomic E-state index is 0.0197. The lowest BCUT2D eigenvalue weighted by Gasteiger charge is -2.51. The number of nitrogens with one attached hydrogen (secondary N) is 1. The van der Waals surface area contributed by atoms with Gasteiger partial charge in [-0.25, -0.2) is 0 Å². The van der Waals surface area contributed by atoms with Crippen LogP contribution in [0.15, 0.2) is 146 Å².